The smallest absolute Gasteiger partial charge is 0.262 e. The molecule has 0 spiro atoms. The summed E-state index contributed by atoms with van der Waals surface area (Å²) in [6, 6.07) is 9.55. The zero-order chi connectivity index (χ0) is 20.1. The van der Waals surface area contributed by atoms with Crippen LogP contribution in [0.1, 0.15) is 41.1 Å². The minimum atomic E-state index is -3.69. The van der Waals surface area contributed by atoms with Crippen LogP contribution in [0.5, 0.6) is 0 Å². The number of hydrogen-bond acceptors (Lipinski definition) is 5. The number of anilines is 1. The van der Waals surface area contributed by atoms with Crippen molar-refractivity contribution in [3.05, 3.63) is 52.6 Å². The molecule has 1 fully saturated rings. The molecular weight excluding hydrogens is 374 g/mol. The summed E-state index contributed by atoms with van der Waals surface area (Å²) in [6.07, 6.45) is 2.18. The van der Waals surface area contributed by atoms with Crippen molar-refractivity contribution in [1.29, 1.82) is 0 Å². The lowest BCUT2D eigenvalue weighted by molar-refractivity contribution is 0.599. The fourth-order valence-electron chi connectivity index (χ4n) is 3.43. The molecule has 1 saturated carbocycles. The van der Waals surface area contributed by atoms with Gasteiger partial charge in [-0.15, -0.1) is 5.10 Å². The molecule has 1 aromatic heterocycles. The Balaban J connectivity index is 1.64. The number of sulfonamides is 1. The van der Waals surface area contributed by atoms with Crippen LogP contribution in [0.25, 0.3) is 11.4 Å². The molecule has 7 nitrogen and oxygen atoms in total. The highest BCUT2D eigenvalue weighted by atomic mass is 32.2. The van der Waals surface area contributed by atoms with Gasteiger partial charge in [0.15, 0.2) is 5.82 Å². The van der Waals surface area contributed by atoms with Gasteiger partial charge in [0.1, 0.15) is 0 Å². The Morgan fingerprint density at radius 1 is 1.00 bits per heavy atom. The highest BCUT2D eigenvalue weighted by Crippen LogP contribution is 2.36. The fourth-order valence-corrected chi connectivity index (χ4v) is 5.10. The molecule has 0 aliphatic heterocycles. The normalized spacial score (nSPS) is 14.3. The van der Waals surface area contributed by atoms with Crippen LogP contribution in [0.4, 0.5) is 5.69 Å². The molecule has 3 aromatic rings. The highest BCUT2D eigenvalue weighted by Gasteiger charge is 2.28. The summed E-state index contributed by atoms with van der Waals surface area (Å²) in [6.45, 7) is 7.55. The van der Waals surface area contributed by atoms with Crippen molar-refractivity contribution in [3.63, 3.8) is 0 Å². The van der Waals surface area contributed by atoms with Gasteiger partial charge in [0.25, 0.3) is 10.0 Å². The van der Waals surface area contributed by atoms with Gasteiger partial charge < -0.3 is 0 Å². The number of hydrogen-bond donors (Lipinski definition) is 1. The number of nitrogens with one attached hydrogen (secondary N) is 1. The van der Waals surface area contributed by atoms with E-state index < -0.39 is 10.0 Å². The van der Waals surface area contributed by atoms with Gasteiger partial charge in [-0.05, 0) is 97.5 Å². The number of nitrogens with zero attached hydrogens (tertiary/aromatic N) is 4. The molecule has 2 aromatic carbocycles. The standard InChI is InChI=1S/C20H23N5O2S/c1-12-11-13(2)15(4)19(14(12)3)28(26,27)22-17-7-5-16(6-8-17)20-21-23-24-25(20)18-9-10-18/h5-8,11,18,22H,9-10H2,1-4H3. The largest absolute Gasteiger partial charge is 0.280 e. The Morgan fingerprint density at radius 3 is 2.18 bits per heavy atom. The fraction of sp³-hybridized carbons (Fsp3) is 0.350. The average Bonchev–Trinajstić information content (AvgIpc) is 3.37. The average molecular weight is 398 g/mol. The summed E-state index contributed by atoms with van der Waals surface area (Å²) in [5, 5.41) is 11.9. The third kappa shape index (κ3) is 3.28. The number of aryl methyl sites for hydroxylation is 2. The van der Waals surface area contributed by atoms with Crippen molar-refractivity contribution in [3.8, 4) is 11.4 Å². The maximum absolute atomic E-state index is 13.1. The van der Waals surface area contributed by atoms with Gasteiger partial charge in [0.2, 0.25) is 0 Å². The predicted molar refractivity (Wildman–Crippen MR) is 108 cm³/mol. The van der Waals surface area contributed by atoms with Crippen LogP contribution < -0.4 is 4.72 Å². The molecule has 1 heterocycles. The highest BCUT2D eigenvalue weighted by molar-refractivity contribution is 7.92. The summed E-state index contributed by atoms with van der Waals surface area (Å²) in [5.41, 5.74) is 4.84. The maximum atomic E-state index is 13.1. The molecule has 1 N–H and O–H groups in total. The lowest BCUT2D eigenvalue weighted by atomic mass is 10.0. The van der Waals surface area contributed by atoms with Crippen LogP contribution in [-0.4, -0.2) is 28.6 Å². The third-order valence-corrected chi connectivity index (χ3v) is 7.00. The Kier molecular flexibility index (Phi) is 4.45. The molecule has 0 unspecified atom stereocenters. The Bertz CT molecular complexity index is 1120. The van der Waals surface area contributed by atoms with Crippen molar-refractivity contribution in [2.75, 3.05) is 4.72 Å². The van der Waals surface area contributed by atoms with Crippen molar-refractivity contribution in [1.82, 2.24) is 20.2 Å². The van der Waals surface area contributed by atoms with Crippen LogP contribution in [0.2, 0.25) is 0 Å². The van der Waals surface area contributed by atoms with Crippen LogP contribution >= 0.6 is 0 Å². The predicted octanol–water partition coefficient (Wildman–Crippen LogP) is 3.71. The number of benzene rings is 2. The second kappa shape index (κ2) is 6.70. The summed E-state index contributed by atoms with van der Waals surface area (Å²) in [4.78, 5) is 0.353. The monoisotopic (exact) mass is 397 g/mol. The van der Waals surface area contributed by atoms with Gasteiger partial charge in [0.05, 0.1) is 10.9 Å². The van der Waals surface area contributed by atoms with Gasteiger partial charge >= 0.3 is 0 Å². The molecule has 1 aliphatic rings. The number of tetrazole rings is 1. The van der Waals surface area contributed by atoms with Crippen molar-refractivity contribution in [2.24, 2.45) is 0 Å². The lowest BCUT2D eigenvalue weighted by Crippen LogP contribution is -2.17. The SMILES string of the molecule is Cc1cc(C)c(C)c(S(=O)(=O)Nc2ccc(-c3nnnn3C3CC3)cc2)c1C. The Labute approximate surface area is 164 Å². The van der Waals surface area contributed by atoms with E-state index in [9.17, 15) is 8.42 Å². The molecule has 0 bridgehead atoms. The zero-order valence-corrected chi connectivity index (χ0v) is 17.2. The van der Waals surface area contributed by atoms with Gasteiger partial charge in [-0.1, -0.05) is 6.07 Å². The first kappa shape index (κ1) is 18.6. The summed E-state index contributed by atoms with van der Waals surface area (Å²) < 4.78 is 30.7. The summed E-state index contributed by atoms with van der Waals surface area (Å²) in [7, 11) is -3.69. The van der Waals surface area contributed by atoms with E-state index in [2.05, 4.69) is 20.2 Å². The van der Waals surface area contributed by atoms with Crippen molar-refractivity contribution < 1.29 is 8.42 Å². The van der Waals surface area contributed by atoms with E-state index in [4.69, 9.17) is 0 Å². The molecule has 28 heavy (non-hydrogen) atoms. The van der Waals surface area contributed by atoms with Crippen molar-refractivity contribution >= 4 is 15.7 Å². The molecule has 146 valence electrons. The Hall–Kier alpha value is -2.74. The van der Waals surface area contributed by atoms with E-state index in [0.29, 0.717) is 22.4 Å². The van der Waals surface area contributed by atoms with E-state index >= 15 is 0 Å². The molecule has 0 saturated heterocycles. The van der Waals surface area contributed by atoms with E-state index in [1.54, 1.807) is 12.1 Å². The number of rotatable bonds is 5. The number of aromatic nitrogens is 4. The molecule has 0 amide bonds. The van der Waals surface area contributed by atoms with Gasteiger partial charge in [-0.3, -0.25) is 4.72 Å². The van der Waals surface area contributed by atoms with Crippen LogP contribution in [0.3, 0.4) is 0 Å². The summed E-state index contributed by atoms with van der Waals surface area (Å²) in [5.74, 6) is 0.706. The first-order valence-corrected chi connectivity index (χ1v) is 10.7. The second-order valence-corrected chi connectivity index (χ2v) is 9.07. The quantitative estimate of drug-likeness (QED) is 0.709. The zero-order valence-electron chi connectivity index (χ0n) is 16.4. The molecular formula is C20H23N5O2S. The van der Waals surface area contributed by atoms with Crippen molar-refractivity contribution in [2.45, 2.75) is 51.5 Å². The van der Waals surface area contributed by atoms with E-state index in [-0.39, 0.29) is 0 Å². The maximum Gasteiger partial charge on any atom is 0.262 e. The molecule has 8 heteroatoms. The van der Waals surface area contributed by atoms with E-state index in [1.165, 1.54) is 0 Å². The topological polar surface area (TPSA) is 89.8 Å². The van der Waals surface area contributed by atoms with Crippen LogP contribution in [0.15, 0.2) is 35.2 Å². The first-order valence-electron chi connectivity index (χ1n) is 9.26. The second-order valence-electron chi connectivity index (χ2n) is 7.45. The van der Waals surface area contributed by atoms with E-state index in [1.807, 2.05) is 50.6 Å². The molecule has 4 rings (SSSR count). The molecule has 0 atom stereocenters. The first-order chi connectivity index (χ1) is 13.3. The third-order valence-electron chi connectivity index (χ3n) is 5.35. The lowest BCUT2D eigenvalue weighted by Gasteiger charge is -2.17. The molecule has 1 aliphatic carbocycles. The minimum Gasteiger partial charge on any atom is -0.280 e. The minimum absolute atomic E-state index is 0.353. The van der Waals surface area contributed by atoms with E-state index in [0.717, 1.165) is 40.7 Å². The molecule has 0 radical (unpaired) electrons. The van der Waals surface area contributed by atoms with Crippen LogP contribution in [-0.2, 0) is 10.0 Å². The summed E-state index contributed by atoms with van der Waals surface area (Å²) >= 11 is 0. The Morgan fingerprint density at radius 2 is 1.61 bits per heavy atom. The van der Waals surface area contributed by atoms with Gasteiger partial charge in [0, 0.05) is 11.3 Å². The van der Waals surface area contributed by atoms with Gasteiger partial charge in [-0.2, -0.15) is 0 Å². The van der Waals surface area contributed by atoms with Crippen LogP contribution in [0, 0.1) is 27.7 Å². The van der Waals surface area contributed by atoms with Gasteiger partial charge in [-0.25, -0.2) is 13.1 Å².